The van der Waals surface area contributed by atoms with Gasteiger partial charge >= 0.3 is 0 Å². The third-order valence-corrected chi connectivity index (χ3v) is 4.04. The van der Waals surface area contributed by atoms with Crippen LogP contribution in [0.4, 0.5) is 0 Å². The molecule has 130 valence electrons. The molecule has 1 N–H and O–H groups in total. The number of carboxylic acid groups (broad SMARTS) is 1. The van der Waals surface area contributed by atoms with Crippen molar-refractivity contribution < 1.29 is 14.6 Å². The Kier molecular flexibility index (Phi) is 7.51. The van der Waals surface area contributed by atoms with Crippen molar-refractivity contribution in [2.24, 2.45) is 0 Å². The first-order valence-corrected chi connectivity index (χ1v) is 8.14. The van der Waals surface area contributed by atoms with Crippen LogP contribution in [-0.2, 0) is 11.3 Å². The van der Waals surface area contributed by atoms with Crippen molar-refractivity contribution >= 4 is 18.1 Å². The molecule has 1 fully saturated rings. The average molecular weight is 353 g/mol. The standard InChI is InChI=1S/C15H19ClN4O.CH2O2/c16-13-1-3-14(4-2-13)21-15-5-7-19(8-6-15)9-10-20-11-17-18-12-20;2-1-3/h1-4,11-12,15H,5-10H2;1H,(H,2,3). The molecule has 1 aromatic heterocycles. The first kappa shape index (κ1) is 18.2. The minimum absolute atomic E-state index is 0.250. The number of aromatic nitrogens is 3. The quantitative estimate of drug-likeness (QED) is 0.831. The first-order valence-electron chi connectivity index (χ1n) is 7.76. The highest BCUT2D eigenvalue weighted by Gasteiger charge is 2.20. The van der Waals surface area contributed by atoms with Gasteiger partial charge in [0.1, 0.15) is 24.5 Å². The Morgan fingerprint density at radius 2 is 1.75 bits per heavy atom. The molecular formula is C16H21ClN4O3. The number of halogens is 1. The van der Waals surface area contributed by atoms with Gasteiger partial charge in [0.15, 0.2) is 0 Å². The van der Waals surface area contributed by atoms with E-state index in [0.29, 0.717) is 6.10 Å². The van der Waals surface area contributed by atoms with Gasteiger partial charge in [-0.25, -0.2) is 0 Å². The van der Waals surface area contributed by atoms with Gasteiger partial charge in [-0.2, -0.15) is 0 Å². The number of carbonyl (C=O) groups is 1. The Balaban J connectivity index is 0.000000647. The lowest BCUT2D eigenvalue weighted by Crippen LogP contribution is -2.39. The van der Waals surface area contributed by atoms with E-state index in [1.807, 2.05) is 28.8 Å². The summed E-state index contributed by atoms with van der Waals surface area (Å²) in [7, 11) is 0. The van der Waals surface area contributed by atoms with Crippen LogP contribution in [0.1, 0.15) is 12.8 Å². The maximum atomic E-state index is 8.36. The first-order chi connectivity index (χ1) is 11.7. The van der Waals surface area contributed by atoms with Crippen LogP contribution in [0.5, 0.6) is 5.75 Å². The van der Waals surface area contributed by atoms with E-state index in [1.165, 1.54) is 0 Å². The molecule has 7 nitrogen and oxygen atoms in total. The number of benzene rings is 1. The lowest BCUT2D eigenvalue weighted by atomic mass is 10.1. The van der Waals surface area contributed by atoms with Gasteiger partial charge in [0.25, 0.3) is 6.47 Å². The third-order valence-electron chi connectivity index (χ3n) is 3.79. The van der Waals surface area contributed by atoms with E-state index in [0.717, 1.165) is 49.8 Å². The number of piperidine rings is 1. The Morgan fingerprint density at radius 3 is 2.33 bits per heavy atom. The van der Waals surface area contributed by atoms with E-state index < -0.39 is 0 Å². The molecular weight excluding hydrogens is 332 g/mol. The Morgan fingerprint density at radius 1 is 1.17 bits per heavy atom. The molecule has 0 aliphatic carbocycles. The van der Waals surface area contributed by atoms with Gasteiger partial charge < -0.3 is 19.3 Å². The van der Waals surface area contributed by atoms with Gasteiger partial charge in [0.2, 0.25) is 0 Å². The van der Waals surface area contributed by atoms with Crippen LogP contribution in [0, 0.1) is 0 Å². The fraction of sp³-hybridized carbons (Fsp3) is 0.438. The highest BCUT2D eigenvalue weighted by molar-refractivity contribution is 6.30. The van der Waals surface area contributed by atoms with Gasteiger partial charge in [0.05, 0.1) is 0 Å². The van der Waals surface area contributed by atoms with Crippen molar-refractivity contribution in [3.05, 3.63) is 41.9 Å². The topological polar surface area (TPSA) is 80.5 Å². The molecule has 0 bridgehead atoms. The molecule has 2 heterocycles. The average Bonchev–Trinajstić information content (AvgIpc) is 3.11. The Bertz CT molecular complexity index is 584. The Labute approximate surface area is 145 Å². The van der Waals surface area contributed by atoms with Crippen LogP contribution in [0.25, 0.3) is 0 Å². The molecule has 0 radical (unpaired) electrons. The summed E-state index contributed by atoms with van der Waals surface area (Å²) < 4.78 is 8.01. The van der Waals surface area contributed by atoms with Gasteiger partial charge in [0, 0.05) is 31.2 Å². The van der Waals surface area contributed by atoms with Crippen molar-refractivity contribution in [1.29, 1.82) is 0 Å². The summed E-state index contributed by atoms with van der Waals surface area (Å²) >= 11 is 5.88. The largest absolute Gasteiger partial charge is 0.490 e. The molecule has 0 spiro atoms. The van der Waals surface area contributed by atoms with E-state index in [9.17, 15) is 0 Å². The molecule has 1 aromatic carbocycles. The zero-order chi connectivity index (χ0) is 17.2. The van der Waals surface area contributed by atoms with Crippen LogP contribution < -0.4 is 4.74 Å². The van der Waals surface area contributed by atoms with E-state index in [1.54, 1.807) is 12.7 Å². The van der Waals surface area contributed by atoms with Crippen molar-refractivity contribution in [2.45, 2.75) is 25.5 Å². The molecule has 3 rings (SSSR count). The van der Waals surface area contributed by atoms with Gasteiger partial charge in [-0.3, -0.25) is 4.79 Å². The summed E-state index contributed by atoms with van der Waals surface area (Å²) in [5, 5.41) is 15.3. The molecule has 1 aliphatic heterocycles. The van der Waals surface area contributed by atoms with E-state index in [2.05, 4.69) is 15.1 Å². The summed E-state index contributed by atoms with van der Waals surface area (Å²) in [6, 6.07) is 7.60. The summed E-state index contributed by atoms with van der Waals surface area (Å²) in [5.41, 5.74) is 0. The number of nitrogens with zero attached hydrogens (tertiary/aromatic N) is 4. The molecule has 8 heteroatoms. The SMILES string of the molecule is Clc1ccc(OC2CCN(CCn3cnnc3)CC2)cc1.O=CO. The van der Waals surface area contributed by atoms with Crippen molar-refractivity contribution in [3.8, 4) is 5.75 Å². The van der Waals surface area contributed by atoms with Crippen molar-refractivity contribution in [3.63, 3.8) is 0 Å². The zero-order valence-corrected chi connectivity index (χ0v) is 14.0. The number of rotatable bonds is 5. The third kappa shape index (κ3) is 6.17. The molecule has 0 amide bonds. The highest BCUT2D eigenvalue weighted by atomic mass is 35.5. The number of ether oxygens (including phenoxy) is 1. The molecule has 1 saturated heterocycles. The van der Waals surface area contributed by atoms with E-state index in [4.69, 9.17) is 26.2 Å². The predicted molar refractivity (Wildman–Crippen MR) is 90.3 cm³/mol. The fourth-order valence-corrected chi connectivity index (χ4v) is 2.68. The normalized spacial score (nSPS) is 15.4. The minimum atomic E-state index is -0.250. The molecule has 24 heavy (non-hydrogen) atoms. The number of likely N-dealkylation sites (tertiary alicyclic amines) is 1. The summed E-state index contributed by atoms with van der Waals surface area (Å²) in [4.78, 5) is 10.8. The second-order valence-corrected chi connectivity index (χ2v) is 5.85. The molecule has 0 atom stereocenters. The van der Waals surface area contributed by atoms with Crippen LogP contribution in [0.3, 0.4) is 0 Å². The zero-order valence-electron chi connectivity index (χ0n) is 13.3. The second kappa shape index (κ2) is 9.89. The maximum absolute atomic E-state index is 8.36. The van der Waals surface area contributed by atoms with E-state index in [-0.39, 0.29) is 6.47 Å². The number of hydrogen-bond acceptors (Lipinski definition) is 5. The van der Waals surface area contributed by atoms with Gasteiger partial charge in [-0.15, -0.1) is 10.2 Å². The minimum Gasteiger partial charge on any atom is -0.490 e. The maximum Gasteiger partial charge on any atom is 0.290 e. The molecule has 0 saturated carbocycles. The summed E-state index contributed by atoms with van der Waals surface area (Å²) in [6.45, 7) is 3.86. The smallest absolute Gasteiger partial charge is 0.290 e. The van der Waals surface area contributed by atoms with E-state index >= 15 is 0 Å². The lowest BCUT2D eigenvalue weighted by Gasteiger charge is -2.32. The molecule has 1 aliphatic rings. The van der Waals surface area contributed by atoms with Crippen molar-refractivity contribution in [2.75, 3.05) is 19.6 Å². The molecule has 0 unspecified atom stereocenters. The highest BCUT2D eigenvalue weighted by Crippen LogP contribution is 2.21. The lowest BCUT2D eigenvalue weighted by molar-refractivity contribution is -0.122. The Hall–Kier alpha value is -2.12. The van der Waals surface area contributed by atoms with Crippen LogP contribution in [-0.4, -0.2) is 57.0 Å². The number of hydrogen-bond donors (Lipinski definition) is 1. The van der Waals surface area contributed by atoms with Gasteiger partial charge in [-0.05, 0) is 37.1 Å². The van der Waals surface area contributed by atoms with Gasteiger partial charge in [-0.1, -0.05) is 11.6 Å². The monoisotopic (exact) mass is 352 g/mol. The molecule has 2 aromatic rings. The van der Waals surface area contributed by atoms with Crippen LogP contribution >= 0.6 is 11.6 Å². The predicted octanol–water partition coefficient (Wildman–Crippen LogP) is 2.18. The van der Waals surface area contributed by atoms with Crippen LogP contribution in [0.2, 0.25) is 5.02 Å². The van der Waals surface area contributed by atoms with Crippen LogP contribution in [0.15, 0.2) is 36.9 Å². The summed E-state index contributed by atoms with van der Waals surface area (Å²) in [6.07, 6.45) is 5.94. The fourth-order valence-electron chi connectivity index (χ4n) is 2.55. The van der Waals surface area contributed by atoms with Crippen molar-refractivity contribution in [1.82, 2.24) is 19.7 Å². The summed E-state index contributed by atoms with van der Waals surface area (Å²) in [5.74, 6) is 0.905. The second-order valence-electron chi connectivity index (χ2n) is 5.42.